The number of nitrogens with zero attached hydrogens (tertiary/aromatic N) is 4. The minimum Gasteiger partial charge on any atom is -0.376 e. The Morgan fingerprint density at radius 1 is 1.00 bits per heavy atom. The maximum absolute atomic E-state index is 13.0. The van der Waals surface area contributed by atoms with E-state index >= 15 is 0 Å². The molecule has 0 aliphatic carbocycles. The predicted octanol–water partition coefficient (Wildman–Crippen LogP) is 4.19. The lowest BCUT2D eigenvalue weighted by Crippen LogP contribution is -2.48. The van der Waals surface area contributed by atoms with Gasteiger partial charge in [0, 0.05) is 40.3 Å². The summed E-state index contributed by atoms with van der Waals surface area (Å²) in [6.07, 6.45) is 5.33. The molecule has 0 radical (unpaired) electrons. The zero-order chi connectivity index (χ0) is 25.9. The van der Waals surface area contributed by atoms with E-state index < -0.39 is 5.60 Å². The average Bonchev–Trinajstić information content (AvgIpc) is 2.89. The van der Waals surface area contributed by atoms with Gasteiger partial charge in [0.25, 0.3) is 11.8 Å². The number of amides is 2. The van der Waals surface area contributed by atoms with Crippen LogP contribution in [0.5, 0.6) is 0 Å². The number of piperidine rings is 2. The molecular weight excluding hydrogens is 476 g/mol. The summed E-state index contributed by atoms with van der Waals surface area (Å²) in [4.78, 5) is 35.3. The van der Waals surface area contributed by atoms with E-state index in [0.717, 1.165) is 44.6 Å². The summed E-state index contributed by atoms with van der Waals surface area (Å²) in [5, 5.41) is 11.2. The van der Waals surface area contributed by atoms with Crippen LogP contribution in [0, 0.1) is 11.8 Å². The molecule has 2 aromatic rings. The number of benzene rings is 1. The number of anilines is 1. The molecule has 194 valence electrons. The molecule has 1 aromatic heterocycles. The molecule has 7 nitrogen and oxygen atoms in total. The van der Waals surface area contributed by atoms with Gasteiger partial charge >= 0.3 is 0 Å². The number of hydrogen-bond acceptors (Lipinski definition) is 5. The van der Waals surface area contributed by atoms with Gasteiger partial charge in [-0.05, 0) is 68.6 Å². The zero-order valence-corrected chi connectivity index (χ0v) is 22.2. The van der Waals surface area contributed by atoms with Gasteiger partial charge in [-0.2, -0.15) is 0 Å². The molecule has 8 heteroatoms. The van der Waals surface area contributed by atoms with Gasteiger partial charge in [-0.25, -0.2) is 4.98 Å². The van der Waals surface area contributed by atoms with Crippen LogP contribution in [-0.4, -0.2) is 72.0 Å². The molecule has 36 heavy (non-hydrogen) atoms. The van der Waals surface area contributed by atoms with E-state index in [0.29, 0.717) is 36.1 Å². The van der Waals surface area contributed by atoms with Crippen molar-refractivity contribution >= 4 is 29.2 Å². The molecule has 2 fully saturated rings. The highest BCUT2D eigenvalue weighted by Crippen LogP contribution is 2.33. The first-order chi connectivity index (χ1) is 17.2. The molecule has 1 N–H and O–H groups in total. The van der Waals surface area contributed by atoms with Crippen molar-refractivity contribution < 1.29 is 14.7 Å². The van der Waals surface area contributed by atoms with Gasteiger partial charge in [-0.3, -0.25) is 9.59 Å². The minimum absolute atomic E-state index is 0.144. The van der Waals surface area contributed by atoms with Gasteiger partial charge in [-0.15, -0.1) is 0 Å². The van der Waals surface area contributed by atoms with Crippen molar-refractivity contribution in [3.63, 3.8) is 0 Å². The monoisotopic (exact) mass is 512 g/mol. The normalized spacial score (nSPS) is 19.1. The van der Waals surface area contributed by atoms with Crippen LogP contribution in [0.3, 0.4) is 0 Å². The van der Waals surface area contributed by atoms with Gasteiger partial charge in [0.15, 0.2) is 5.60 Å². The Bertz CT molecular complexity index is 1060. The fourth-order valence-corrected chi connectivity index (χ4v) is 5.67. The second-order valence-corrected chi connectivity index (χ2v) is 10.9. The lowest BCUT2D eigenvalue weighted by atomic mass is 9.82. The number of pyridine rings is 1. The average molecular weight is 513 g/mol. The number of hydrogen-bond donors (Lipinski definition) is 1. The summed E-state index contributed by atoms with van der Waals surface area (Å²) < 4.78 is 0. The highest BCUT2D eigenvalue weighted by Gasteiger charge is 2.38. The molecule has 1 aromatic carbocycles. The van der Waals surface area contributed by atoms with Crippen LogP contribution in [0.4, 0.5) is 5.82 Å². The zero-order valence-electron chi connectivity index (χ0n) is 21.5. The van der Waals surface area contributed by atoms with Crippen LogP contribution in [-0.2, 0) is 10.4 Å². The summed E-state index contributed by atoms with van der Waals surface area (Å²) in [6.45, 7) is 4.84. The SMILES string of the molecule is CN(C)C(=O)c1ccc(N2CCC(CC3CCN(C(=O)[C@](C)(O)c4ccccc4)CC3)CC2)nc1Cl. The first-order valence-electron chi connectivity index (χ1n) is 12.9. The smallest absolute Gasteiger partial charge is 0.258 e. The van der Waals surface area contributed by atoms with Crippen LogP contribution in [0.15, 0.2) is 42.5 Å². The molecule has 2 saturated heterocycles. The Balaban J connectivity index is 1.24. The van der Waals surface area contributed by atoms with Crippen molar-refractivity contribution in [3.8, 4) is 0 Å². The van der Waals surface area contributed by atoms with Crippen LogP contribution in [0.25, 0.3) is 0 Å². The molecule has 3 heterocycles. The standard InChI is InChI=1S/C28H37ClN4O3/c1-28(36,22-7-5-4-6-8-22)27(35)33-17-13-21(14-18-33)19-20-11-15-32(16-12-20)24-10-9-23(25(29)30-24)26(34)31(2)3/h4-10,20-21,36H,11-19H2,1-3H3/t28-/m1/s1. The van der Waals surface area contributed by atoms with E-state index in [2.05, 4.69) is 9.88 Å². The Morgan fingerprint density at radius 2 is 1.58 bits per heavy atom. The largest absolute Gasteiger partial charge is 0.376 e. The van der Waals surface area contributed by atoms with Crippen LogP contribution in [0.1, 0.15) is 54.9 Å². The first kappa shape index (κ1) is 26.4. The molecule has 2 aliphatic rings. The molecule has 2 amide bonds. The number of carbonyl (C=O) groups excluding carboxylic acids is 2. The summed E-state index contributed by atoms with van der Waals surface area (Å²) in [5.74, 6) is 1.74. The molecule has 2 aliphatic heterocycles. The predicted molar refractivity (Wildman–Crippen MR) is 142 cm³/mol. The van der Waals surface area contributed by atoms with Crippen LogP contribution >= 0.6 is 11.6 Å². The van der Waals surface area contributed by atoms with Crippen molar-refractivity contribution in [1.29, 1.82) is 0 Å². The Labute approximate surface area is 219 Å². The highest BCUT2D eigenvalue weighted by molar-refractivity contribution is 6.32. The van der Waals surface area contributed by atoms with E-state index in [-0.39, 0.29) is 17.0 Å². The van der Waals surface area contributed by atoms with E-state index in [1.54, 1.807) is 39.2 Å². The second-order valence-electron chi connectivity index (χ2n) is 10.5. The Hall–Kier alpha value is -2.64. The quantitative estimate of drug-likeness (QED) is 0.587. The molecule has 0 bridgehead atoms. The third-order valence-corrected chi connectivity index (χ3v) is 8.02. The van der Waals surface area contributed by atoms with Crippen molar-refractivity contribution in [3.05, 3.63) is 58.7 Å². The molecule has 1 atom stereocenters. The number of aromatic nitrogens is 1. The van der Waals surface area contributed by atoms with E-state index in [1.807, 2.05) is 29.2 Å². The number of rotatable bonds is 6. The molecule has 0 spiro atoms. The van der Waals surface area contributed by atoms with Crippen molar-refractivity contribution in [2.45, 2.75) is 44.6 Å². The van der Waals surface area contributed by atoms with Crippen LogP contribution < -0.4 is 4.90 Å². The lowest BCUT2D eigenvalue weighted by Gasteiger charge is -2.39. The number of likely N-dealkylation sites (tertiary alicyclic amines) is 1. The summed E-state index contributed by atoms with van der Waals surface area (Å²) in [5.41, 5.74) is -0.426. The van der Waals surface area contributed by atoms with Crippen molar-refractivity contribution in [1.82, 2.24) is 14.8 Å². The van der Waals surface area contributed by atoms with Crippen LogP contribution in [0.2, 0.25) is 5.15 Å². The van der Waals surface area contributed by atoms with E-state index in [1.165, 1.54) is 11.3 Å². The first-order valence-corrected chi connectivity index (χ1v) is 13.2. The van der Waals surface area contributed by atoms with E-state index in [4.69, 9.17) is 11.6 Å². The fourth-order valence-electron chi connectivity index (χ4n) is 5.44. The fraction of sp³-hybridized carbons (Fsp3) is 0.536. The van der Waals surface area contributed by atoms with Gasteiger partial charge < -0.3 is 19.8 Å². The highest BCUT2D eigenvalue weighted by atomic mass is 35.5. The minimum atomic E-state index is -1.49. The molecule has 4 rings (SSSR count). The van der Waals surface area contributed by atoms with E-state index in [9.17, 15) is 14.7 Å². The summed E-state index contributed by atoms with van der Waals surface area (Å²) in [6, 6.07) is 12.8. The number of carbonyl (C=O) groups is 2. The topological polar surface area (TPSA) is 77.0 Å². The van der Waals surface area contributed by atoms with Gasteiger partial charge in [0.2, 0.25) is 0 Å². The number of halogens is 1. The lowest BCUT2D eigenvalue weighted by molar-refractivity contribution is -0.152. The number of aliphatic hydroxyl groups is 1. The molecule has 0 saturated carbocycles. The maximum Gasteiger partial charge on any atom is 0.258 e. The molecular formula is C28H37ClN4O3. The third-order valence-electron chi connectivity index (χ3n) is 7.73. The Kier molecular flexibility index (Phi) is 8.20. The second kappa shape index (κ2) is 11.2. The maximum atomic E-state index is 13.0. The van der Waals surface area contributed by atoms with Crippen molar-refractivity contribution in [2.75, 3.05) is 45.2 Å². The summed E-state index contributed by atoms with van der Waals surface area (Å²) >= 11 is 6.31. The molecule has 0 unspecified atom stereocenters. The van der Waals surface area contributed by atoms with Gasteiger partial charge in [-0.1, -0.05) is 41.9 Å². The van der Waals surface area contributed by atoms with Crippen molar-refractivity contribution in [2.24, 2.45) is 11.8 Å². The third kappa shape index (κ3) is 5.84. The summed E-state index contributed by atoms with van der Waals surface area (Å²) in [7, 11) is 3.40. The Morgan fingerprint density at radius 3 is 2.14 bits per heavy atom. The van der Waals surface area contributed by atoms with Gasteiger partial charge in [0.1, 0.15) is 11.0 Å². The van der Waals surface area contributed by atoms with Gasteiger partial charge in [0.05, 0.1) is 5.56 Å².